The molecule has 2 heterocycles. The Kier molecular flexibility index (Phi) is 5.83. The SMILES string of the molecule is O=C(CCN(Cc1ccccc1)c1nc(C2CC2)nc2ccccc12)NCc1ccco1. The average molecular weight is 427 g/mol. The largest absolute Gasteiger partial charge is 0.467 e. The molecule has 4 aromatic rings. The number of hydrogen-bond donors (Lipinski definition) is 1. The number of carbonyl (C=O) groups excluding carboxylic acids is 1. The minimum absolute atomic E-state index is 0.0137. The van der Waals surface area contributed by atoms with Crippen LogP contribution < -0.4 is 10.2 Å². The molecule has 0 aliphatic heterocycles. The highest BCUT2D eigenvalue weighted by molar-refractivity contribution is 5.90. The summed E-state index contributed by atoms with van der Waals surface area (Å²) >= 11 is 0. The molecule has 0 bridgehead atoms. The number of nitrogens with one attached hydrogen (secondary N) is 1. The van der Waals surface area contributed by atoms with Crippen molar-refractivity contribution in [1.82, 2.24) is 15.3 Å². The second kappa shape index (κ2) is 9.22. The molecular formula is C26H26N4O2. The van der Waals surface area contributed by atoms with E-state index in [4.69, 9.17) is 14.4 Å². The van der Waals surface area contributed by atoms with E-state index in [2.05, 4.69) is 28.4 Å². The molecule has 1 aliphatic rings. The van der Waals surface area contributed by atoms with Crippen molar-refractivity contribution in [3.63, 3.8) is 0 Å². The zero-order valence-corrected chi connectivity index (χ0v) is 17.9. The summed E-state index contributed by atoms with van der Waals surface area (Å²) in [5.41, 5.74) is 2.14. The fourth-order valence-corrected chi connectivity index (χ4v) is 3.83. The topological polar surface area (TPSA) is 71.3 Å². The third-order valence-electron chi connectivity index (χ3n) is 5.71. The Morgan fingerprint density at radius 2 is 1.81 bits per heavy atom. The van der Waals surface area contributed by atoms with Crippen molar-refractivity contribution in [2.75, 3.05) is 11.4 Å². The molecule has 32 heavy (non-hydrogen) atoms. The lowest BCUT2D eigenvalue weighted by Crippen LogP contribution is -2.31. The van der Waals surface area contributed by atoms with Gasteiger partial charge in [0.05, 0.1) is 18.3 Å². The highest BCUT2D eigenvalue weighted by Gasteiger charge is 2.28. The van der Waals surface area contributed by atoms with Crippen LogP contribution in [0.25, 0.3) is 10.9 Å². The van der Waals surface area contributed by atoms with Crippen molar-refractivity contribution in [3.8, 4) is 0 Å². The highest BCUT2D eigenvalue weighted by atomic mass is 16.3. The van der Waals surface area contributed by atoms with E-state index in [1.807, 2.05) is 48.5 Å². The van der Waals surface area contributed by atoms with Gasteiger partial charge < -0.3 is 14.6 Å². The van der Waals surface area contributed by atoms with Crippen LogP contribution in [0.3, 0.4) is 0 Å². The highest BCUT2D eigenvalue weighted by Crippen LogP contribution is 2.40. The summed E-state index contributed by atoms with van der Waals surface area (Å²) in [6.07, 6.45) is 4.27. The maximum Gasteiger partial charge on any atom is 0.222 e. The quantitative estimate of drug-likeness (QED) is 0.416. The zero-order chi connectivity index (χ0) is 21.8. The van der Waals surface area contributed by atoms with Crippen molar-refractivity contribution >= 4 is 22.6 Å². The van der Waals surface area contributed by atoms with Gasteiger partial charge in [-0.1, -0.05) is 42.5 Å². The van der Waals surface area contributed by atoms with Crippen LogP contribution in [0.5, 0.6) is 0 Å². The average Bonchev–Trinajstić information content (AvgIpc) is 3.56. The van der Waals surface area contributed by atoms with E-state index >= 15 is 0 Å². The Labute approximate surface area is 187 Å². The Morgan fingerprint density at radius 1 is 1.00 bits per heavy atom. The molecule has 1 saturated carbocycles. The Hall–Kier alpha value is -3.67. The molecule has 1 aliphatic carbocycles. The normalized spacial score (nSPS) is 13.2. The second-order valence-electron chi connectivity index (χ2n) is 8.21. The molecule has 2 aromatic heterocycles. The van der Waals surface area contributed by atoms with E-state index in [1.54, 1.807) is 6.26 Å². The summed E-state index contributed by atoms with van der Waals surface area (Å²) < 4.78 is 5.31. The Bertz CT molecular complexity index is 1190. The summed E-state index contributed by atoms with van der Waals surface area (Å²) in [6, 6.07) is 22.1. The number of fused-ring (bicyclic) bond motifs is 1. The molecule has 0 atom stereocenters. The van der Waals surface area contributed by atoms with Gasteiger partial charge in [-0.25, -0.2) is 9.97 Å². The number of nitrogens with zero attached hydrogens (tertiary/aromatic N) is 3. The first-order valence-electron chi connectivity index (χ1n) is 11.1. The van der Waals surface area contributed by atoms with Gasteiger partial charge in [0.2, 0.25) is 5.91 Å². The van der Waals surface area contributed by atoms with E-state index in [0.717, 1.165) is 41.1 Å². The third-order valence-corrected chi connectivity index (χ3v) is 5.71. The van der Waals surface area contributed by atoms with Gasteiger partial charge in [0.25, 0.3) is 0 Å². The maximum absolute atomic E-state index is 12.6. The molecule has 0 saturated heterocycles. The second-order valence-corrected chi connectivity index (χ2v) is 8.21. The molecular weight excluding hydrogens is 400 g/mol. The third kappa shape index (κ3) is 4.80. The molecule has 2 aromatic carbocycles. The molecule has 1 amide bonds. The van der Waals surface area contributed by atoms with Gasteiger partial charge in [-0.15, -0.1) is 0 Å². The Balaban J connectivity index is 1.40. The van der Waals surface area contributed by atoms with E-state index < -0.39 is 0 Å². The molecule has 5 rings (SSSR count). The summed E-state index contributed by atoms with van der Waals surface area (Å²) in [6.45, 7) is 1.63. The van der Waals surface area contributed by atoms with Crippen molar-refractivity contribution in [3.05, 3.63) is 90.1 Å². The first-order valence-corrected chi connectivity index (χ1v) is 11.1. The lowest BCUT2D eigenvalue weighted by molar-refractivity contribution is -0.121. The molecule has 0 unspecified atom stereocenters. The minimum Gasteiger partial charge on any atom is -0.467 e. The number of amides is 1. The molecule has 0 spiro atoms. The Morgan fingerprint density at radius 3 is 2.59 bits per heavy atom. The number of anilines is 1. The van der Waals surface area contributed by atoms with Gasteiger partial charge in [-0.2, -0.15) is 0 Å². The molecule has 6 nitrogen and oxygen atoms in total. The van der Waals surface area contributed by atoms with Gasteiger partial charge in [0.1, 0.15) is 17.4 Å². The van der Waals surface area contributed by atoms with E-state index in [9.17, 15) is 4.79 Å². The van der Waals surface area contributed by atoms with E-state index in [1.165, 1.54) is 5.56 Å². The number of hydrogen-bond acceptors (Lipinski definition) is 5. The van der Waals surface area contributed by atoms with Crippen LogP contribution in [0.1, 0.15) is 42.3 Å². The summed E-state index contributed by atoms with van der Waals surface area (Å²) in [7, 11) is 0. The van der Waals surface area contributed by atoms with Crippen LogP contribution in [-0.4, -0.2) is 22.4 Å². The zero-order valence-electron chi connectivity index (χ0n) is 17.9. The van der Waals surface area contributed by atoms with Crippen LogP contribution in [-0.2, 0) is 17.9 Å². The summed E-state index contributed by atoms with van der Waals surface area (Å²) in [5, 5.41) is 3.96. The van der Waals surface area contributed by atoms with Crippen molar-refractivity contribution in [2.45, 2.75) is 38.3 Å². The number of para-hydroxylation sites is 1. The van der Waals surface area contributed by atoms with Crippen molar-refractivity contribution < 1.29 is 9.21 Å². The number of aromatic nitrogens is 2. The number of benzene rings is 2. The number of carbonyl (C=O) groups is 1. The molecule has 6 heteroatoms. The van der Waals surface area contributed by atoms with Crippen LogP contribution >= 0.6 is 0 Å². The minimum atomic E-state index is -0.0137. The van der Waals surface area contributed by atoms with Gasteiger partial charge in [-0.05, 0) is 42.7 Å². The first kappa shape index (κ1) is 20.2. The molecule has 0 radical (unpaired) electrons. The van der Waals surface area contributed by atoms with Crippen LogP contribution in [0.4, 0.5) is 5.82 Å². The van der Waals surface area contributed by atoms with Gasteiger partial charge in [0.15, 0.2) is 0 Å². The number of furan rings is 1. The lowest BCUT2D eigenvalue weighted by atomic mass is 10.1. The monoisotopic (exact) mass is 426 g/mol. The summed E-state index contributed by atoms with van der Waals surface area (Å²) in [5.74, 6) is 3.00. The van der Waals surface area contributed by atoms with Gasteiger partial charge in [0, 0.05) is 30.8 Å². The van der Waals surface area contributed by atoms with Crippen molar-refractivity contribution in [2.24, 2.45) is 0 Å². The fraction of sp³-hybridized carbons (Fsp3) is 0.269. The molecule has 1 fully saturated rings. The molecule has 1 N–H and O–H groups in total. The van der Waals surface area contributed by atoms with E-state index in [0.29, 0.717) is 32.0 Å². The van der Waals surface area contributed by atoms with Gasteiger partial charge in [-0.3, -0.25) is 4.79 Å². The van der Waals surface area contributed by atoms with Crippen molar-refractivity contribution in [1.29, 1.82) is 0 Å². The van der Waals surface area contributed by atoms with Gasteiger partial charge >= 0.3 is 0 Å². The molecule has 162 valence electrons. The predicted octanol–water partition coefficient (Wildman–Crippen LogP) is 4.81. The maximum atomic E-state index is 12.6. The smallest absolute Gasteiger partial charge is 0.222 e. The predicted molar refractivity (Wildman–Crippen MR) is 124 cm³/mol. The van der Waals surface area contributed by atoms with Crippen LogP contribution in [0, 0.1) is 0 Å². The van der Waals surface area contributed by atoms with Crippen LogP contribution in [0.2, 0.25) is 0 Å². The fourth-order valence-electron chi connectivity index (χ4n) is 3.83. The number of rotatable bonds is 9. The first-order chi connectivity index (χ1) is 15.8. The van der Waals surface area contributed by atoms with Crippen LogP contribution in [0.15, 0.2) is 77.4 Å². The summed E-state index contributed by atoms with van der Waals surface area (Å²) in [4.78, 5) is 24.6. The lowest BCUT2D eigenvalue weighted by Gasteiger charge is -2.25. The van der Waals surface area contributed by atoms with E-state index in [-0.39, 0.29) is 5.91 Å². The standard InChI is InChI=1S/C26H26N4O2/c31-24(27-17-21-9-6-16-32-21)14-15-30(18-19-7-2-1-3-8-19)26-22-10-4-5-11-23(22)28-25(29-26)20-12-13-20/h1-11,16,20H,12-15,17-18H2,(H,27,31).